The van der Waals surface area contributed by atoms with Gasteiger partial charge in [-0.15, -0.1) is 36.2 Å². The maximum atomic E-state index is 3.64. The first-order valence-electron chi connectivity index (χ1n) is 5.50. The van der Waals surface area contributed by atoms with Crippen LogP contribution >= 0.6 is 52.1 Å². The van der Waals surface area contributed by atoms with E-state index < -0.39 is 0 Å². The van der Waals surface area contributed by atoms with Gasteiger partial charge in [0.25, 0.3) is 0 Å². The van der Waals surface area contributed by atoms with E-state index in [0.717, 1.165) is 13.1 Å². The van der Waals surface area contributed by atoms with Crippen LogP contribution in [0, 0.1) is 0 Å². The average molecular weight is 362 g/mol. The molecule has 1 saturated heterocycles. The lowest BCUT2D eigenvalue weighted by atomic mass is 10.1. The van der Waals surface area contributed by atoms with Crippen molar-refractivity contribution in [3.05, 3.63) is 20.8 Å². The zero-order chi connectivity index (χ0) is 10.7. The van der Waals surface area contributed by atoms with Crippen molar-refractivity contribution in [2.75, 3.05) is 26.2 Å². The van der Waals surface area contributed by atoms with Gasteiger partial charge in [0.1, 0.15) is 0 Å². The van der Waals surface area contributed by atoms with Crippen LogP contribution in [0.15, 0.2) is 15.9 Å². The predicted octanol–water partition coefficient (Wildman–Crippen LogP) is 3.71. The summed E-state index contributed by atoms with van der Waals surface area (Å²) in [5.74, 6) is 0. The molecule has 2 rings (SSSR count). The Labute approximate surface area is 128 Å². The van der Waals surface area contributed by atoms with Gasteiger partial charge in [0.15, 0.2) is 0 Å². The molecule has 1 aromatic rings. The topological polar surface area (TPSA) is 15.3 Å². The summed E-state index contributed by atoms with van der Waals surface area (Å²) in [6.07, 6.45) is 1.19. The Morgan fingerprint density at radius 3 is 2.53 bits per heavy atom. The number of nitrogens with zero attached hydrogens (tertiary/aromatic N) is 1. The molecular weight excluding hydrogens is 343 g/mol. The minimum Gasteiger partial charge on any atom is -0.314 e. The molecular formula is C11H19BrCl2N2S. The molecule has 1 aliphatic rings. The second-order valence-corrected chi connectivity index (χ2v) is 5.64. The third kappa shape index (κ3) is 4.37. The highest BCUT2D eigenvalue weighted by molar-refractivity contribution is 9.10. The van der Waals surface area contributed by atoms with Gasteiger partial charge in [0.05, 0.1) is 0 Å². The van der Waals surface area contributed by atoms with Crippen LogP contribution in [0.2, 0.25) is 0 Å². The van der Waals surface area contributed by atoms with Gasteiger partial charge in [-0.3, -0.25) is 4.90 Å². The van der Waals surface area contributed by atoms with Gasteiger partial charge in [-0.2, -0.15) is 0 Å². The number of hydrogen-bond acceptors (Lipinski definition) is 3. The second-order valence-electron chi connectivity index (χ2n) is 3.84. The lowest BCUT2D eigenvalue weighted by Gasteiger charge is -2.34. The Morgan fingerprint density at radius 1 is 1.41 bits per heavy atom. The fraction of sp³-hybridized carbons (Fsp3) is 0.636. The molecule has 1 atom stereocenters. The van der Waals surface area contributed by atoms with E-state index in [1.54, 1.807) is 0 Å². The standard InChI is InChI=1S/C11H17BrN2S.2ClH/c1-2-10(11-9(12)3-8-15-11)14-6-4-13-5-7-14;;/h3,8,10,13H,2,4-7H2,1H3;2*1H/t10-;;/m1../s1. The monoisotopic (exact) mass is 360 g/mol. The second kappa shape index (κ2) is 8.73. The van der Waals surface area contributed by atoms with E-state index in [4.69, 9.17) is 0 Å². The summed E-state index contributed by atoms with van der Waals surface area (Å²) < 4.78 is 1.28. The van der Waals surface area contributed by atoms with E-state index in [1.807, 2.05) is 11.3 Å². The van der Waals surface area contributed by atoms with Crippen molar-refractivity contribution in [3.63, 3.8) is 0 Å². The Hall–Kier alpha value is 0.680. The highest BCUT2D eigenvalue weighted by Crippen LogP contribution is 2.34. The molecule has 6 heteroatoms. The smallest absolute Gasteiger partial charge is 0.0451 e. The zero-order valence-electron chi connectivity index (χ0n) is 9.82. The number of thiophene rings is 1. The zero-order valence-corrected chi connectivity index (χ0v) is 13.9. The number of halogens is 3. The minimum atomic E-state index is 0. The van der Waals surface area contributed by atoms with Gasteiger partial charge in [-0.05, 0) is 33.8 Å². The highest BCUT2D eigenvalue weighted by Gasteiger charge is 2.22. The fourth-order valence-electron chi connectivity index (χ4n) is 2.15. The number of piperazine rings is 1. The summed E-state index contributed by atoms with van der Waals surface area (Å²) in [7, 11) is 0. The molecule has 0 aromatic carbocycles. The molecule has 0 unspecified atom stereocenters. The predicted molar refractivity (Wildman–Crippen MR) is 84.0 cm³/mol. The molecule has 0 saturated carbocycles. The van der Waals surface area contributed by atoms with E-state index in [9.17, 15) is 0 Å². The van der Waals surface area contributed by atoms with Crippen molar-refractivity contribution in [1.29, 1.82) is 0 Å². The molecule has 0 bridgehead atoms. The summed E-state index contributed by atoms with van der Waals surface area (Å²) >= 11 is 5.51. The van der Waals surface area contributed by atoms with Crippen molar-refractivity contribution in [2.45, 2.75) is 19.4 Å². The third-order valence-electron chi connectivity index (χ3n) is 2.93. The lowest BCUT2D eigenvalue weighted by Crippen LogP contribution is -2.44. The van der Waals surface area contributed by atoms with Crippen molar-refractivity contribution in [2.24, 2.45) is 0 Å². The van der Waals surface area contributed by atoms with Gasteiger partial charge in [0.2, 0.25) is 0 Å². The summed E-state index contributed by atoms with van der Waals surface area (Å²) in [6, 6.07) is 2.76. The number of nitrogens with one attached hydrogen (secondary N) is 1. The van der Waals surface area contributed by atoms with E-state index in [0.29, 0.717) is 6.04 Å². The van der Waals surface area contributed by atoms with E-state index in [2.05, 4.69) is 44.5 Å². The molecule has 1 fully saturated rings. The largest absolute Gasteiger partial charge is 0.314 e. The first-order chi connectivity index (χ1) is 7.33. The summed E-state index contributed by atoms with van der Waals surface area (Å²) in [6.45, 7) is 6.86. The average Bonchev–Trinajstić information content (AvgIpc) is 2.68. The van der Waals surface area contributed by atoms with Crippen LogP contribution in [0.5, 0.6) is 0 Å². The molecule has 1 aromatic heterocycles. The first-order valence-corrected chi connectivity index (χ1v) is 7.18. The van der Waals surface area contributed by atoms with E-state index in [1.165, 1.54) is 28.9 Å². The highest BCUT2D eigenvalue weighted by atomic mass is 79.9. The molecule has 2 heterocycles. The van der Waals surface area contributed by atoms with Gasteiger partial charge < -0.3 is 5.32 Å². The van der Waals surface area contributed by atoms with E-state index >= 15 is 0 Å². The van der Waals surface area contributed by atoms with Crippen molar-refractivity contribution in [1.82, 2.24) is 10.2 Å². The number of hydrogen-bond donors (Lipinski definition) is 1. The van der Waals surface area contributed by atoms with Crippen LogP contribution in [0.25, 0.3) is 0 Å². The summed E-state index contributed by atoms with van der Waals surface area (Å²) in [4.78, 5) is 4.08. The van der Waals surface area contributed by atoms with Gasteiger partial charge in [-0.25, -0.2) is 0 Å². The van der Waals surface area contributed by atoms with Crippen LogP contribution in [0.4, 0.5) is 0 Å². The van der Waals surface area contributed by atoms with Gasteiger partial charge >= 0.3 is 0 Å². The normalized spacial score (nSPS) is 18.0. The van der Waals surface area contributed by atoms with Gasteiger partial charge in [-0.1, -0.05) is 6.92 Å². The Bertz CT molecular complexity index is 316. The molecule has 2 nitrogen and oxygen atoms in total. The van der Waals surface area contributed by atoms with Crippen LogP contribution in [-0.2, 0) is 0 Å². The van der Waals surface area contributed by atoms with Crippen molar-refractivity contribution < 1.29 is 0 Å². The summed E-state index contributed by atoms with van der Waals surface area (Å²) in [5, 5.41) is 5.57. The molecule has 1 aliphatic heterocycles. The summed E-state index contributed by atoms with van der Waals surface area (Å²) in [5.41, 5.74) is 0. The first kappa shape index (κ1) is 17.7. The molecule has 0 amide bonds. The molecule has 1 N–H and O–H groups in total. The minimum absolute atomic E-state index is 0. The van der Waals surface area contributed by atoms with Gasteiger partial charge in [0, 0.05) is 41.6 Å². The fourth-order valence-corrected chi connectivity index (χ4v) is 4.00. The van der Waals surface area contributed by atoms with E-state index in [-0.39, 0.29) is 24.8 Å². The van der Waals surface area contributed by atoms with Crippen LogP contribution in [0.1, 0.15) is 24.3 Å². The quantitative estimate of drug-likeness (QED) is 0.882. The molecule has 0 spiro atoms. The maximum absolute atomic E-state index is 3.64. The Kier molecular flexibility index (Phi) is 9.07. The molecule has 0 aliphatic carbocycles. The Balaban J connectivity index is 0.00000128. The van der Waals surface area contributed by atoms with Crippen LogP contribution < -0.4 is 5.32 Å². The lowest BCUT2D eigenvalue weighted by molar-refractivity contribution is 0.171. The molecule has 17 heavy (non-hydrogen) atoms. The third-order valence-corrected chi connectivity index (χ3v) is 4.90. The Morgan fingerprint density at radius 2 is 2.06 bits per heavy atom. The number of rotatable bonds is 3. The molecule has 0 radical (unpaired) electrons. The molecule has 100 valence electrons. The van der Waals surface area contributed by atoms with Crippen LogP contribution in [0.3, 0.4) is 0 Å². The SMILES string of the molecule is CC[C@H](c1sccc1Br)N1CCNCC1.Cl.Cl. The van der Waals surface area contributed by atoms with Crippen molar-refractivity contribution in [3.8, 4) is 0 Å². The van der Waals surface area contributed by atoms with Crippen LogP contribution in [-0.4, -0.2) is 31.1 Å². The van der Waals surface area contributed by atoms with Crippen molar-refractivity contribution >= 4 is 52.1 Å². The maximum Gasteiger partial charge on any atom is 0.0451 e.